The maximum atomic E-state index is 12.6. The molecule has 0 radical (unpaired) electrons. The number of carbonyl (C=O) groups is 2. The second kappa shape index (κ2) is 11.5. The van der Waals surface area contributed by atoms with Crippen LogP contribution in [-0.4, -0.2) is 42.5 Å². The second-order valence-electron chi connectivity index (χ2n) is 9.82. The SMILES string of the molecule is C=C.CC1CC(C)C(CNC(=O)c2cccc(OC3CCN(C(=O)C4CCC4)CC3)c2)C1. The van der Waals surface area contributed by atoms with Crippen molar-refractivity contribution in [3.8, 4) is 5.75 Å². The Morgan fingerprint density at radius 2 is 1.81 bits per heavy atom. The monoisotopic (exact) mass is 440 g/mol. The highest BCUT2D eigenvalue weighted by atomic mass is 16.5. The van der Waals surface area contributed by atoms with E-state index in [0.29, 0.717) is 23.3 Å². The Hall–Kier alpha value is -2.30. The third kappa shape index (κ3) is 6.14. The third-order valence-corrected chi connectivity index (χ3v) is 7.42. The Morgan fingerprint density at radius 1 is 1.09 bits per heavy atom. The van der Waals surface area contributed by atoms with Gasteiger partial charge in [0.25, 0.3) is 5.91 Å². The van der Waals surface area contributed by atoms with Gasteiger partial charge in [0.15, 0.2) is 0 Å². The Morgan fingerprint density at radius 3 is 2.41 bits per heavy atom. The second-order valence-corrected chi connectivity index (χ2v) is 9.82. The molecule has 3 fully saturated rings. The lowest BCUT2D eigenvalue weighted by Gasteiger charge is -2.36. The lowest BCUT2D eigenvalue weighted by Crippen LogP contribution is -2.45. The van der Waals surface area contributed by atoms with Gasteiger partial charge in [-0.2, -0.15) is 0 Å². The summed E-state index contributed by atoms with van der Waals surface area (Å²) >= 11 is 0. The van der Waals surface area contributed by atoms with Crippen LogP contribution in [0.4, 0.5) is 0 Å². The molecule has 176 valence electrons. The van der Waals surface area contributed by atoms with E-state index in [4.69, 9.17) is 4.74 Å². The summed E-state index contributed by atoms with van der Waals surface area (Å²) in [6.45, 7) is 12.9. The molecular formula is C27H40N2O3. The van der Waals surface area contributed by atoms with Gasteiger partial charge in [0.2, 0.25) is 5.91 Å². The van der Waals surface area contributed by atoms with Crippen molar-refractivity contribution >= 4 is 11.8 Å². The van der Waals surface area contributed by atoms with Crippen LogP contribution in [0.25, 0.3) is 0 Å². The summed E-state index contributed by atoms with van der Waals surface area (Å²) in [5, 5.41) is 3.12. The molecule has 4 rings (SSSR count). The molecule has 32 heavy (non-hydrogen) atoms. The first-order valence-corrected chi connectivity index (χ1v) is 12.3. The molecule has 3 unspecified atom stereocenters. The van der Waals surface area contributed by atoms with Crippen molar-refractivity contribution in [2.24, 2.45) is 23.7 Å². The Balaban J connectivity index is 0.00000141. The topological polar surface area (TPSA) is 58.6 Å². The average Bonchev–Trinajstić information content (AvgIpc) is 3.09. The number of nitrogens with one attached hydrogen (secondary N) is 1. The summed E-state index contributed by atoms with van der Waals surface area (Å²) in [5.41, 5.74) is 0.656. The van der Waals surface area contributed by atoms with E-state index in [9.17, 15) is 9.59 Å². The highest BCUT2D eigenvalue weighted by Crippen LogP contribution is 2.35. The van der Waals surface area contributed by atoms with E-state index < -0.39 is 0 Å². The summed E-state index contributed by atoms with van der Waals surface area (Å²) in [5.74, 6) is 3.35. The summed E-state index contributed by atoms with van der Waals surface area (Å²) in [7, 11) is 0. The van der Waals surface area contributed by atoms with Gasteiger partial charge < -0.3 is 15.0 Å². The van der Waals surface area contributed by atoms with Crippen LogP contribution >= 0.6 is 0 Å². The number of hydrogen-bond acceptors (Lipinski definition) is 3. The molecule has 0 bridgehead atoms. The molecule has 0 aromatic heterocycles. The van der Waals surface area contributed by atoms with E-state index in [1.165, 1.54) is 19.3 Å². The minimum absolute atomic E-state index is 0.0203. The molecule has 1 heterocycles. The van der Waals surface area contributed by atoms with Crippen molar-refractivity contribution < 1.29 is 14.3 Å². The number of nitrogens with zero attached hydrogens (tertiary/aromatic N) is 1. The van der Waals surface area contributed by atoms with Crippen LogP contribution in [0.2, 0.25) is 0 Å². The van der Waals surface area contributed by atoms with Crippen molar-refractivity contribution in [2.75, 3.05) is 19.6 Å². The Bertz CT molecular complexity index is 768. The van der Waals surface area contributed by atoms with Crippen molar-refractivity contribution in [1.82, 2.24) is 10.2 Å². The van der Waals surface area contributed by atoms with Crippen molar-refractivity contribution in [1.29, 1.82) is 0 Å². The molecule has 1 N–H and O–H groups in total. The molecule has 2 amide bonds. The average molecular weight is 441 g/mol. The number of hydrogen-bond donors (Lipinski definition) is 1. The molecule has 1 aromatic rings. The maximum absolute atomic E-state index is 12.6. The van der Waals surface area contributed by atoms with Crippen molar-refractivity contribution in [3.63, 3.8) is 0 Å². The largest absolute Gasteiger partial charge is 0.490 e. The summed E-state index contributed by atoms with van der Waals surface area (Å²) < 4.78 is 6.17. The number of benzene rings is 1. The zero-order valence-electron chi connectivity index (χ0n) is 19.9. The maximum Gasteiger partial charge on any atom is 0.251 e. The van der Waals surface area contributed by atoms with Gasteiger partial charge in [-0.05, 0) is 61.6 Å². The highest BCUT2D eigenvalue weighted by molar-refractivity contribution is 5.94. The van der Waals surface area contributed by atoms with Crippen molar-refractivity contribution in [2.45, 2.75) is 64.9 Å². The quantitative estimate of drug-likeness (QED) is 0.628. The standard InChI is InChI=1S/C25H36N2O3.C2H4/c1-17-13-18(2)21(14-17)16-26-24(28)20-7-4-8-23(15-20)30-22-9-11-27(12-10-22)25(29)19-5-3-6-19;1-2/h4,7-8,15,17-19,21-22H,3,5-6,9-14,16H2,1-2H3,(H,26,28);1-2H2. The Labute approximate surface area is 193 Å². The molecule has 2 aliphatic carbocycles. The van der Waals surface area contributed by atoms with Crippen LogP contribution in [-0.2, 0) is 4.79 Å². The number of amides is 2. The van der Waals surface area contributed by atoms with Gasteiger partial charge in [0.1, 0.15) is 11.9 Å². The van der Waals surface area contributed by atoms with Crippen LogP contribution < -0.4 is 10.1 Å². The molecule has 1 aliphatic heterocycles. The third-order valence-electron chi connectivity index (χ3n) is 7.42. The van der Waals surface area contributed by atoms with Gasteiger partial charge in [0.05, 0.1) is 0 Å². The van der Waals surface area contributed by atoms with Gasteiger partial charge in [-0.3, -0.25) is 9.59 Å². The number of rotatable bonds is 6. The Kier molecular flexibility index (Phi) is 8.77. The summed E-state index contributed by atoms with van der Waals surface area (Å²) in [6.07, 6.45) is 7.58. The normalized spacial score (nSPS) is 25.9. The van der Waals surface area contributed by atoms with Crippen molar-refractivity contribution in [3.05, 3.63) is 43.0 Å². The van der Waals surface area contributed by atoms with Gasteiger partial charge >= 0.3 is 0 Å². The fraction of sp³-hybridized carbons (Fsp3) is 0.630. The predicted molar refractivity (Wildman–Crippen MR) is 129 cm³/mol. The molecule has 3 aliphatic rings. The first kappa shape index (κ1) is 24.3. The number of piperidine rings is 1. The molecule has 1 saturated heterocycles. The number of ether oxygens (including phenoxy) is 1. The molecule has 5 heteroatoms. The molecular weight excluding hydrogens is 400 g/mol. The fourth-order valence-electron chi connectivity index (χ4n) is 5.29. The van der Waals surface area contributed by atoms with E-state index in [-0.39, 0.29) is 17.9 Å². The van der Waals surface area contributed by atoms with Crippen LogP contribution in [0.15, 0.2) is 37.4 Å². The molecule has 1 aromatic carbocycles. The lowest BCUT2D eigenvalue weighted by molar-refractivity contribution is -0.140. The highest BCUT2D eigenvalue weighted by Gasteiger charge is 2.32. The molecule has 5 nitrogen and oxygen atoms in total. The molecule has 0 spiro atoms. The van der Waals surface area contributed by atoms with Gasteiger partial charge in [-0.1, -0.05) is 26.3 Å². The smallest absolute Gasteiger partial charge is 0.251 e. The van der Waals surface area contributed by atoms with Gasteiger partial charge in [0, 0.05) is 44.0 Å². The van der Waals surface area contributed by atoms with Crippen LogP contribution in [0.3, 0.4) is 0 Å². The number of likely N-dealkylation sites (tertiary alicyclic amines) is 1. The van der Waals surface area contributed by atoms with Gasteiger partial charge in [-0.25, -0.2) is 0 Å². The van der Waals surface area contributed by atoms with E-state index >= 15 is 0 Å². The lowest BCUT2D eigenvalue weighted by atomic mass is 9.84. The van der Waals surface area contributed by atoms with E-state index in [1.807, 2.05) is 29.2 Å². The molecule has 2 saturated carbocycles. The summed E-state index contributed by atoms with van der Waals surface area (Å²) in [6, 6.07) is 7.51. The van der Waals surface area contributed by atoms with Crippen LogP contribution in [0.1, 0.15) is 69.2 Å². The minimum Gasteiger partial charge on any atom is -0.490 e. The zero-order chi connectivity index (χ0) is 23.1. The van der Waals surface area contributed by atoms with Gasteiger partial charge in [-0.15, -0.1) is 13.2 Å². The van der Waals surface area contributed by atoms with E-state index in [2.05, 4.69) is 32.3 Å². The first-order chi connectivity index (χ1) is 15.5. The number of carbonyl (C=O) groups excluding carboxylic acids is 2. The fourth-order valence-corrected chi connectivity index (χ4v) is 5.29. The van der Waals surface area contributed by atoms with E-state index in [1.54, 1.807) is 0 Å². The minimum atomic E-state index is -0.0203. The first-order valence-electron chi connectivity index (χ1n) is 12.3. The summed E-state index contributed by atoms with van der Waals surface area (Å²) in [4.78, 5) is 27.1. The zero-order valence-corrected chi connectivity index (χ0v) is 19.9. The van der Waals surface area contributed by atoms with Crippen LogP contribution in [0, 0.1) is 23.7 Å². The van der Waals surface area contributed by atoms with Crippen LogP contribution in [0.5, 0.6) is 5.75 Å². The van der Waals surface area contributed by atoms with E-state index in [0.717, 1.165) is 57.0 Å². The predicted octanol–water partition coefficient (Wildman–Crippen LogP) is 5.07. The molecule has 3 atom stereocenters.